The lowest BCUT2D eigenvalue weighted by Gasteiger charge is -2.41. The summed E-state index contributed by atoms with van der Waals surface area (Å²) < 4.78 is 24.7. The Morgan fingerprint density at radius 2 is 2.05 bits per heavy atom. The maximum absolute atomic E-state index is 12.3. The summed E-state index contributed by atoms with van der Waals surface area (Å²) >= 11 is 0. The number of anilines is 1. The molecule has 1 saturated heterocycles. The van der Waals surface area contributed by atoms with Gasteiger partial charge in [-0.25, -0.2) is 8.42 Å². The van der Waals surface area contributed by atoms with Crippen LogP contribution in [0.1, 0.15) is 31.7 Å². The van der Waals surface area contributed by atoms with Crippen LogP contribution in [0.4, 0.5) is 5.69 Å². The Hall–Kier alpha value is -1.07. The number of hydrogen-bond donors (Lipinski definition) is 0. The number of benzene rings is 1. The molecule has 114 valence electrons. The molecule has 0 radical (unpaired) electrons. The smallest absolute Gasteiger partial charge is 0.182 e. The summed E-state index contributed by atoms with van der Waals surface area (Å²) in [5, 5.41) is 0. The minimum absolute atomic E-state index is 0.264. The lowest BCUT2D eigenvalue weighted by Crippen LogP contribution is -2.49. The molecule has 0 saturated carbocycles. The molecule has 2 unspecified atom stereocenters. The molecule has 0 bridgehead atoms. The number of likely N-dealkylation sites (tertiary alicyclic amines) is 1. The van der Waals surface area contributed by atoms with Crippen LogP contribution >= 0.6 is 0 Å². The SMILES string of the molecule is CC(C)N1CCC2C(C1)c1cccc3c1N2CCS3(=O)=O. The fourth-order valence-electron chi connectivity index (χ4n) is 4.28. The van der Waals surface area contributed by atoms with E-state index < -0.39 is 9.84 Å². The number of hydrogen-bond acceptors (Lipinski definition) is 4. The zero-order valence-corrected chi connectivity index (χ0v) is 13.4. The van der Waals surface area contributed by atoms with Gasteiger partial charge in [-0.3, -0.25) is 0 Å². The van der Waals surface area contributed by atoms with Crippen molar-refractivity contribution in [3.8, 4) is 0 Å². The molecule has 4 nitrogen and oxygen atoms in total. The van der Waals surface area contributed by atoms with Crippen LogP contribution in [0.2, 0.25) is 0 Å². The highest BCUT2D eigenvalue weighted by atomic mass is 32.2. The topological polar surface area (TPSA) is 40.6 Å². The van der Waals surface area contributed by atoms with E-state index in [2.05, 4.69) is 29.7 Å². The van der Waals surface area contributed by atoms with E-state index in [1.807, 2.05) is 6.07 Å². The molecule has 0 amide bonds. The third-order valence-corrected chi connectivity index (χ3v) is 7.11. The number of sulfone groups is 1. The molecule has 1 aromatic carbocycles. The van der Waals surface area contributed by atoms with Crippen molar-refractivity contribution in [1.29, 1.82) is 0 Å². The van der Waals surface area contributed by atoms with Gasteiger partial charge in [0.05, 0.1) is 16.3 Å². The van der Waals surface area contributed by atoms with Crippen molar-refractivity contribution in [1.82, 2.24) is 4.90 Å². The predicted molar refractivity (Wildman–Crippen MR) is 83.7 cm³/mol. The van der Waals surface area contributed by atoms with Crippen LogP contribution in [-0.4, -0.2) is 50.8 Å². The van der Waals surface area contributed by atoms with E-state index in [4.69, 9.17) is 0 Å². The van der Waals surface area contributed by atoms with Gasteiger partial charge in [0.15, 0.2) is 9.84 Å². The Balaban J connectivity index is 1.82. The number of piperidine rings is 1. The second-order valence-electron chi connectivity index (χ2n) is 6.76. The Morgan fingerprint density at radius 3 is 2.81 bits per heavy atom. The molecule has 2 atom stereocenters. The molecule has 4 rings (SSSR count). The fourth-order valence-corrected chi connectivity index (χ4v) is 5.75. The quantitative estimate of drug-likeness (QED) is 0.794. The molecule has 21 heavy (non-hydrogen) atoms. The highest BCUT2D eigenvalue weighted by Gasteiger charge is 2.46. The van der Waals surface area contributed by atoms with Crippen molar-refractivity contribution in [2.45, 2.75) is 43.2 Å². The lowest BCUT2D eigenvalue weighted by molar-refractivity contribution is 0.157. The Morgan fingerprint density at radius 1 is 1.24 bits per heavy atom. The second-order valence-corrected chi connectivity index (χ2v) is 8.84. The maximum Gasteiger partial charge on any atom is 0.182 e. The number of fused-ring (bicyclic) bond motifs is 3. The Bertz CT molecular complexity index is 684. The third-order valence-electron chi connectivity index (χ3n) is 5.39. The van der Waals surface area contributed by atoms with E-state index in [1.165, 1.54) is 5.56 Å². The summed E-state index contributed by atoms with van der Waals surface area (Å²) in [6, 6.07) is 6.90. The molecule has 3 aliphatic rings. The zero-order valence-electron chi connectivity index (χ0n) is 12.6. The van der Waals surface area contributed by atoms with E-state index in [0.717, 1.165) is 25.2 Å². The van der Waals surface area contributed by atoms with Gasteiger partial charge in [-0.15, -0.1) is 0 Å². The van der Waals surface area contributed by atoms with E-state index in [0.29, 0.717) is 29.4 Å². The van der Waals surface area contributed by atoms with Crippen LogP contribution in [0.3, 0.4) is 0 Å². The molecule has 5 heteroatoms. The van der Waals surface area contributed by atoms with Crippen LogP contribution in [0.5, 0.6) is 0 Å². The van der Waals surface area contributed by atoms with Crippen LogP contribution in [-0.2, 0) is 9.84 Å². The summed E-state index contributed by atoms with van der Waals surface area (Å²) in [5.41, 5.74) is 2.27. The van der Waals surface area contributed by atoms with Gasteiger partial charge in [-0.1, -0.05) is 12.1 Å². The van der Waals surface area contributed by atoms with Gasteiger partial charge in [0, 0.05) is 37.6 Å². The van der Waals surface area contributed by atoms with Crippen molar-refractivity contribution in [2.24, 2.45) is 0 Å². The van der Waals surface area contributed by atoms with Crippen LogP contribution in [0.15, 0.2) is 23.1 Å². The number of nitrogens with zero attached hydrogens (tertiary/aromatic N) is 2. The summed E-state index contributed by atoms with van der Waals surface area (Å²) in [7, 11) is -3.09. The van der Waals surface area contributed by atoms with Gasteiger partial charge in [-0.05, 0) is 31.9 Å². The van der Waals surface area contributed by atoms with Crippen molar-refractivity contribution < 1.29 is 8.42 Å². The highest BCUT2D eigenvalue weighted by Crippen LogP contribution is 2.49. The van der Waals surface area contributed by atoms with Crippen LogP contribution in [0, 0.1) is 0 Å². The van der Waals surface area contributed by atoms with Crippen molar-refractivity contribution >= 4 is 15.5 Å². The first kappa shape index (κ1) is 13.6. The molecule has 1 aromatic rings. The minimum atomic E-state index is -3.09. The molecule has 3 aliphatic heterocycles. The van der Waals surface area contributed by atoms with Crippen molar-refractivity contribution in [3.63, 3.8) is 0 Å². The monoisotopic (exact) mass is 306 g/mol. The first-order valence-corrected chi connectivity index (χ1v) is 9.50. The standard InChI is InChI=1S/C16H22N2O2S/c1-11(2)17-7-6-14-13(10-17)12-4-3-5-15-16(12)18(14)8-9-21(15,19)20/h3-5,11,13-14H,6-10H2,1-2H3. The van der Waals surface area contributed by atoms with Gasteiger partial charge in [-0.2, -0.15) is 0 Å². The maximum atomic E-state index is 12.3. The predicted octanol–water partition coefficient (Wildman–Crippen LogP) is 1.86. The van der Waals surface area contributed by atoms with Crippen molar-refractivity contribution in [3.05, 3.63) is 23.8 Å². The van der Waals surface area contributed by atoms with Crippen LogP contribution in [0.25, 0.3) is 0 Å². The summed E-state index contributed by atoms with van der Waals surface area (Å²) in [6.07, 6.45) is 1.14. The average molecular weight is 306 g/mol. The number of rotatable bonds is 1. The molecule has 0 aliphatic carbocycles. The first-order valence-electron chi connectivity index (χ1n) is 7.85. The van der Waals surface area contributed by atoms with Gasteiger partial charge >= 0.3 is 0 Å². The molecule has 0 aromatic heterocycles. The minimum Gasteiger partial charge on any atom is -0.366 e. The Labute approximate surface area is 126 Å². The highest BCUT2D eigenvalue weighted by molar-refractivity contribution is 7.91. The summed E-state index contributed by atoms with van der Waals surface area (Å²) in [4.78, 5) is 5.47. The van der Waals surface area contributed by atoms with E-state index in [9.17, 15) is 8.42 Å². The largest absolute Gasteiger partial charge is 0.366 e. The fraction of sp³-hybridized carbons (Fsp3) is 0.625. The van der Waals surface area contributed by atoms with Gasteiger partial charge in [0.2, 0.25) is 0 Å². The molecule has 0 spiro atoms. The summed E-state index contributed by atoms with van der Waals surface area (Å²) in [6.45, 7) is 7.32. The van der Waals surface area contributed by atoms with E-state index in [1.54, 1.807) is 6.07 Å². The van der Waals surface area contributed by atoms with E-state index in [-0.39, 0.29) is 5.75 Å². The second kappa shape index (κ2) is 4.46. The molecular weight excluding hydrogens is 284 g/mol. The summed E-state index contributed by atoms with van der Waals surface area (Å²) in [5.74, 6) is 0.727. The number of para-hydroxylation sites is 1. The van der Waals surface area contributed by atoms with E-state index >= 15 is 0 Å². The van der Waals surface area contributed by atoms with Crippen molar-refractivity contribution in [2.75, 3.05) is 30.3 Å². The third kappa shape index (κ3) is 1.87. The van der Waals surface area contributed by atoms with Gasteiger partial charge < -0.3 is 9.80 Å². The zero-order chi connectivity index (χ0) is 14.8. The van der Waals surface area contributed by atoms with Crippen LogP contribution < -0.4 is 4.90 Å². The first-order chi connectivity index (χ1) is 9.99. The molecule has 1 fully saturated rings. The molecule has 0 N–H and O–H groups in total. The van der Waals surface area contributed by atoms with Gasteiger partial charge in [0.1, 0.15) is 0 Å². The molecule has 3 heterocycles. The molecular formula is C16H22N2O2S. The Kier molecular flexibility index (Phi) is 2.89. The normalized spacial score (nSPS) is 30.3. The average Bonchev–Trinajstić information content (AvgIpc) is 2.78. The lowest BCUT2D eigenvalue weighted by atomic mass is 9.88. The van der Waals surface area contributed by atoms with Gasteiger partial charge in [0.25, 0.3) is 0 Å².